The van der Waals surface area contributed by atoms with Crippen LogP contribution in [0.5, 0.6) is 0 Å². The van der Waals surface area contributed by atoms with Crippen LogP contribution in [0, 0.1) is 5.92 Å². The molecule has 1 aliphatic carbocycles. The average molecular weight is 258 g/mol. The Balaban J connectivity index is 0.00000108. The number of aryl methyl sites for hydroxylation is 1. The molecule has 1 saturated heterocycles. The van der Waals surface area contributed by atoms with Gasteiger partial charge in [-0.1, -0.05) is 5.16 Å². The number of hydrogen-bond donors (Lipinski definition) is 1. The summed E-state index contributed by atoms with van der Waals surface area (Å²) in [7, 11) is 0. The molecule has 0 bridgehead atoms. The first-order valence-electron chi connectivity index (χ1n) is 6.45. The molecule has 1 aromatic heterocycles. The maximum absolute atomic E-state index is 5.26. The summed E-state index contributed by atoms with van der Waals surface area (Å²) < 4.78 is 5.26. The summed E-state index contributed by atoms with van der Waals surface area (Å²) in [6.45, 7) is 1.17. The Labute approximate surface area is 108 Å². The van der Waals surface area contributed by atoms with Crippen molar-refractivity contribution in [3.8, 4) is 0 Å². The monoisotopic (exact) mass is 257 g/mol. The highest BCUT2D eigenvalue weighted by atomic mass is 35.5. The van der Waals surface area contributed by atoms with Crippen molar-refractivity contribution in [2.75, 3.05) is 6.54 Å². The summed E-state index contributed by atoms with van der Waals surface area (Å²) in [6, 6.07) is 0.666. The number of aromatic nitrogens is 2. The smallest absolute Gasteiger partial charge is 0.226 e. The van der Waals surface area contributed by atoms with Gasteiger partial charge in [-0.05, 0) is 44.6 Å². The molecule has 1 aromatic rings. The van der Waals surface area contributed by atoms with Gasteiger partial charge in [-0.15, -0.1) is 12.4 Å². The van der Waals surface area contributed by atoms with E-state index in [1.54, 1.807) is 0 Å². The van der Waals surface area contributed by atoms with Crippen LogP contribution >= 0.6 is 12.4 Å². The Morgan fingerprint density at radius 3 is 2.88 bits per heavy atom. The van der Waals surface area contributed by atoms with E-state index in [0.29, 0.717) is 6.04 Å². The lowest BCUT2D eigenvalue weighted by Crippen LogP contribution is -2.21. The van der Waals surface area contributed by atoms with Crippen molar-refractivity contribution in [3.05, 3.63) is 11.7 Å². The molecular formula is C12H20ClN3O. The van der Waals surface area contributed by atoms with Gasteiger partial charge in [-0.25, -0.2) is 0 Å². The van der Waals surface area contributed by atoms with Gasteiger partial charge < -0.3 is 9.84 Å². The molecule has 96 valence electrons. The SMILES string of the molecule is C1CNC(CCc2nc(CC3CC3)no2)C1.Cl. The molecule has 1 aliphatic heterocycles. The molecule has 5 heteroatoms. The predicted molar refractivity (Wildman–Crippen MR) is 67.3 cm³/mol. The third-order valence-electron chi connectivity index (χ3n) is 3.55. The Kier molecular flexibility index (Phi) is 4.40. The molecule has 1 unspecified atom stereocenters. The van der Waals surface area contributed by atoms with E-state index in [0.717, 1.165) is 36.9 Å². The molecule has 2 heterocycles. The maximum Gasteiger partial charge on any atom is 0.226 e. The van der Waals surface area contributed by atoms with Crippen molar-refractivity contribution in [2.24, 2.45) is 5.92 Å². The summed E-state index contributed by atoms with van der Waals surface area (Å²) in [6.07, 6.45) is 8.36. The van der Waals surface area contributed by atoms with Crippen molar-refractivity contribution < 1.29 is 4.52 Å². The summed E-state index contributed by atoms with van der Waals surface area (Å²) in [5, 5.41) is 7.52. The van der Waals surface area contributed by atoms with Gasteiger partial charge in [0.05, 0.1) is 0 Å². The van der Waals surface area contributed by atoms with E-state index in [1.807, 2.05) is 0 Å². The van der Waals surface area contributed by atoms with E-state index >= 15 is 0 Å². The fourth-order valence-electron chi connectivity index (χ4n) is 2.36. The van der Waals surface area contributed by atoms with E-state index < -0.39 is 0 Å². The minimum Gasteiger partial charge on any atom is -0.339 e. The molecule has 0 radical (unpaired) electrons. The van der Waals surface area contributed by atoms with Gasteiger partial charge in [0, 0.05) is 18.9 Å². The number of nitrogens with zero attached hydrogens (tertiary/aromatic N) is 2. The van der Waals surface area contributed by atoms with Crippen molar-refractivity contribution in [1.82, 2.24) is 15.5 Å². The largest absolute Gasteiger partial charge is 0.339 e. The van der Waals surface area contributed by atoms with Crippen molar-refractivity contribution in [3.63, 3.8) is 0 Å². The fourth-order valence-corrected chi connectivity index (χ4v) is 2.36. The highest BCUT2D eigenvalue weighted by molar-refractivity contribution is 5.85. The van der Waals surface area contributed by atoms with Gasteiger partial charge in [-0.2, -0.15) is 4.98 Å². The van der Waals surface area contributed by atoms with Crippen molar-refractivity contribution in [1.29, 1.82) is 0 Å². The number of rotatable bonds is 5. The molecular weight excluding hydrogens is 238 g/mol. The molecule has 1 atom stereocenters. The van der Waals surface area contributed by atoms with E-state index in [1.165, 1.54) is 32.2 Å². The van der Waals surface area contributed by atoms with Crippen LogP contribution in [0.25, 0.3) is 0 Å². The molecule has 4 nitrogen and oxygen atoms in total. The van der Waals surface area contributed by atoms with E-state index in [4.69, 9.17) is 4.52 Å². The van der Waals surface area contributed by atoms with Crippen molar-refractivity contribution in [2.45, 2.75) is 51.0 Å². The van der Waals surface area contributed by atoms with Gasteiger partial charge in [0.1, 0.15) is 0 Å². The second-order valence-corrected chi connectivity index (χ2v) is 5.08. The summed E-state index contributed by atoms with van der Waals surface area (Å²) >= 11 is 0. The summed E-state index contributed by atoms with van der Waals surface area (Å²) in [4.78, 5) is 4.45. The third kappa shape index (κ3) is 3.68. The second-order valence-electron chi connectivity index (χ2n) is 5.08. The Morgan fingerprint density at radius 2 is 2.18 bits per heavy atom. The van der Waals surface area contributed by atoms with Gasteiger partial charge in [0.25, 0.3) is 0 Å². The first kappa shape index (κ1) is 12.8. The van der Waals surface area contributed by atoms with E-state index in [2.05, 4.69) is 15.5 Å². The molecule has 2 fully saturated rings. The minimum atomic E-state index is 0. The quantitative estimate of drug-likeness (QED) is 0.878. The second kappa shape index (κ2) is 5.83. The van der Waals surface area contributed by atoms with Crippen LogP contribution in [0.1, 0.15) is 43.8 Å². The minimum absolute atomic E-state index is 0. The average Bonchev–Trinajstić information content (AvgIpc) is 2.81. The number of halogens is 1. The van der Waals surface area contributed by atoms with Crippen LogP contribution < -0.4 is 5.32 Å². The standard InChI is InChI=1S/C12H19N3O.ClH/c1-2-10(13-7-1)5-6-12-14-11(15-16-12)8-9-3-4-9;/h9-10,13H,1-8H2;1H. The van der Waals surface area contributed by atoms with Crippen LogP contribution in [0.4, 0.5) is 0 Å². The summed E-state index contributed by atoms with van der Waals surface area (Å²) in [5.74, 6) is 2.57. The first-order valence-corrected chi connectivity index (χ1v) is 6.45. The Bertz CT molecular complexity index is 345. The van der Waals surface area contributed by atoms with Crippen molar-refractivity contribution >= 4 is 12.4 Å². The van der Waals surface area contributed by atoms with Crippen LogP contribution in [-0.2, 0) is 12.8 Å². The molecule has 0 spiro atoms. The zero-order chi connectivity index (χ0) is 10.8. The normalized spacial score (nSPS) is 23.6. The number of nitrogens with one attached hydrogen (secondary N) is 1. The molecule has 1 N–H and O–H groups in total. The lowest BCUT2D eigenvalue weighted by molar-refractivity contribution is 0.363. The van der Waals surface area contributed by atoms with E-state index in [9.17, 15) is 0 Å². The molecule has 17 heavy (non-hydrogen) atoms. The van der Waals surface area contributed by atoms with Crippen LogP contribution in [0.15, 0.2) is 4.52 Å². The van der Waals surface area contributed by atoms with Gasteiger partial charge >= 0.3 is 0 Å². The van der Waals surface area contributed by atoms with Crippen LogP contribution in [0.2, 0.25) is 0 Å². The molecule has 0 aromatic carbocycles. The third-order valence-corrected chi connectivity index (χ3v) is 3.55. The van der Waals surface area contributed by atoms with Crippen LogP contribution in [0.3, 0.4) is 0 Å². The zero-order valence-corrected chi connectivity index (χ0v) is 10.8. The van der Waals surface area contributed by atoms with Crippen LogP contribution in [-0.4, -0.2) is 22.7 Å². The molecule has 2 aliphatic rings. The van der Waals surface area contributed by atoms with Gasteiger partial charge in [0.2, 0.25) is 5.89 Å². The lowest BCUT2D eigenvalue weighted by Gasteiger charge is -2.06. The first-order chi connectivity index (χ1) is 7.90. The zero-order valence-electron chi connectivity index (χ0n) is 10.0. The molecule has 0 amide bonds. The Hall–Kier alpha value is -0.610. The molecule has 3 rings (SSSR count). The Morgan fingerprint density at radius 1 is 1.29 bits per heavy atom. The maximum atomic E-state index is 5.26. The summed E-state index contributed by atoms with van der Waals surface area (Å²) in [5.41, 5.74) is 0. The predicted octanol–water partition coefficient (Wildman–Crippen LogP) is 2.13. The topological polar surface area (TPSA) is 51.0 Å². The van der Waals surface area contributed by atoms with Gasteiger partial charge in [-0.3, -0.25) is 0 Å². The highest BCUT2D eigenvalue weighted by Gasteiger charge is 2.24. The van der Waals surface area contributed by atoms with E-state index in [-0.39, 0.29) is 12.4 Å². The fraction of sp³-hybridized carbons (Fsp3) is 0.833. The highest BCUT2D eigenvalue weighted by Crippen LogP contribution is 2.31. The molecule has 1 saturated carbocycles. The lowest BCUT2D eigenvalue weighted by atomic mass is 10.1. The number of hydrogen-bond acceptors (Lipinski definition) is 4. The van der Waals surface area contributed by atoms with Gasteiger partial charge in [0.15, 0.2) is 5.82 Å².